The number of likely N-dealkylation sites (tertiary alicyclic amines) is 1. The number of benzene rings is 4. The summed E-state index contributed by atoms with van der Waals surface area (Å²) in [6, 6.07) is 32.2. The highest BCUT2D eigenvalue weighted by Gasteiger charge is 2.35. The van der Waals surface area contributed by atoms with Crippen LogP contribution in [-0.4, -0.2) is 48.4 Å². The highest BCUT2D eigenvalue weighted by atomic mass is 16.6. The Morgan fingerprint density at radius 2 is 1.52 bits per heavy atom. The number of amides is 1. The van der Waals surface area contributed by atoms with Gasteiger partial charge in [-0.1, -0.05) is 78.9 Å². The summed E-state index contributed by atoms with van der Waals surface area (Å²) in [5.41, 5.74) is 3.37. The molecular weight excluding hydrogens is 526 g/mol. The maximum Gasteiger partial charge on any atom is 0.410 e. The van der Waals surface area contributed by atoms with E-state index in [2.05, 4.69) is 54.6 Å². The molecule has 0 saturated carbocycles. The van der Waals surface area contributed by atoms with Gasteiger partial charge in [0.1, 0.15) is 5.60 Å². The number of esters is 1. The van der Waals surface area contributed by atoms with Crippen LogP contribution in [0.4, 0.5) is 4.79 Å². The highest BCUT2D eigenvalue weighted by Crippen LogP contribution is 2.32. The minimum atomic E-state index is -0.555. The molecule has 1 amide bonds. The van der Waals surface area contributed by atoms with Crippen molar-refractivity contribution in [2.45, 2.75) is 57.8 Å². The van der Waals surface area contributed by atoms with Gasteiger partial charge >= 0.3 is 12.1 Å². The summed E-state index contributed by atoms with van der Waals surface area (Å²) in [5.74, 6) is -0.176. The molecule has 1 aliphatic rings. The van der Waals surface area contributed by atoms with Gasteiger partial charge in [0.2, 0.25) is 0 Å². The lowest BCUT2D eigenvalue weighted by Gasteiger charge is -2.39. The van der Waals surface area contributed by atoms with Crippen LogP contribution >= 0.6 is 0 Å². The first-order chi connectivity index (χ1) is 20.2. The number of rotatable bonds is 8. The molecule has 1 aliphatic heterocycles. The molecule has 0 N–H and O–H groups in total. The maximum absolute atomic E-state index is 12.9. The van der Waals surface area contributed by atoms with Crippen LogP contribution in [-0.2, 0) is 27.2 Å². The molecule has 1 fully saturated rings. The van der Waals surface area contributed by atoms with Crippen molar-refractivity contribution < 1.29 is 23.8 Å². The molecule has 4 aromatic carbocycles. The third-order valence-electron chi connectivity index (χ3n) is 7.53. The van der Waals surface area contributed by atoms with E-state index in [-0.39, 0.29) is 24.1 Å². The van der Waals surface area contributed by atoms with E-state index >= 15 is 0 Å². The van der Waals surface area contributed by atoms with Crippen molar-refractivity contribution in [3.63, 3.8) is 0 Å². The van der Waals surface area contributed by atoms with Crippen LogP contribution in [0.3, 0.4) is 0 Å². The van der Waals surface area contributed by atoms with Gasteiger partial charge in [0, 0.05) is 18.9 Å². The van der Waals surface area contributed by atoms with E-state index in [1.807, 2.05) is 51.1 Å². The molecule has 2 unspecified atom stereocenters. The fraction of sp³-hybridized carbons (Fsp3) is 0.333. The Labute approximate surface area is 248 Å². The summed E-state index contributed by atoms with van der Waals surface area (Å²) in [6.45, 7) is 7.50. The van der Waals surface area contributed by atoms with Crippen molar-refractivity contribution in [3.8, 4) is 0 Å². The quantitative estimate of drug-likeness (QED) is 0.206. The number of ether oxygens (including phenoxy) is 3. The molecule has 1 heterocycles. The topological polar surface area (TPSA) is 65.1 Å². The first kappa shape index (κ1) is 29.3. The number of carbonyl (C=O) groups is 2. The average molecular weight is 566 g/mol. The molecular formula is C36H39NO5. The van der Waals surface area contributed by atoms with Gasteiger partial charge < -0.3 is 19.1 Å². The van der Waals surface area contributed by atoms with Crippen molar-refractivity contribution in [1.82, 2.24) is 4.90 Å². The van der Waals surface area contributed by atoms with Gasteiger partial charge in [-0.3, -0.25) is 0 Å². The van der Waals surface area contributed by atoms with Crippen LogP contribution in [0.1, 0.15) is 60.2 Å². The van der Waals surface area contributed by atoms with Crippen molar-refractivity contribution in [2.24, 2.45) is 0 Å². The Morgan fingerprint density at radius 3 is 2.26 bits per heavy atom. The van der Waals surface area contributed by atoms with Crippen LogP contribution in [0.15, 0.2) is 97.1 Å². The zero-order valence-electron chi connectivity index (χ0n) is 24.6. The highest BCUT2D eigenvalue weighted by molar-refractivity contribution is 5.89. The van der Waals surface area contributed by atoms with Crippen molar-refractivity contribution in [2.75, 3.05) is 19.7 Å². The Kier molecular flexibility index (Phi) is 9.23. The second kappa shape index (κ2) is 13.2. The van der Waals surface area contributed by atoms with E-state index in [9.17, 15) is 9.59 Å². The van der Waals surface area contributed by atoms with E-state index in [1.165, 1.54) is 16.3 Å². The molecule has 0 spiro atoms. The monoisotopic (exact) mass is 565 g/mol. The zero-order valence-corrected chi connectivity index (χ0v) is 24.6. The average Bonchev–Trinajstić information content (AvgIpc) is 2.99. The van der Waals surface area contributed by atoms with E-state index < -0.39 is 5.60 Å². The van der Waals surface area contributed by atoms with Crippen LogP contribution in [0.2, 0.25) is 0 Å². The van der Waals surface area contributed by atoms with E-state index in [4.69, 9.17) is 14.2 Å². The van der Waals surface area contributed by atoms with Gasteiger partial charge in [0.25, 0.3) is 0 Å². The second-order valence-electron chi connectivity index (χ2n) is 11.8. The smallest absolute Gasteiger partial charge is 0.410 e. The molecule has 0 bridgehead atoms. The molecule has 6 nitrogen and oxygen atoms in total. The molecule has 0 aliphatic carbocycles. The molecule has 1 saturated heterocycles. The normalized spacial score (nSPS) is 17.2. The number of fused-ring (bicyclic) bond motifs is 1. The summed E-state index contributed by atoms with van der Waals surface area (Å²) in [7, 11) is 0. The molecule has 218 valence electrons. The third kappa shape index (κ3) is 7.77. The summed E-state index contributed by atoms with van der Waals surface area (Å²) in [6.07, 6.45) is 0.920. The SMILES string of the molecule is CC(C)(C)OC(=O)N1CCC(c2ccc(CCOC(=O)c3ccccc3)cc2)C(OCc2ccc3ccccc3c2)C1. The number of hydrogen-bond acceptors (Lipinski definition) is 5. The molecule has 2 atom stereocenters. The molecule has 5 rings (SSSR count). The van der Waals surface area contributed by atoms with Gasteiger partial charge in [-0.2, -0.15) is 0 Å². The standard InChI is InChI=1S/C36H39NO5/c1-36(2,3)42-35(39)37-21-19-32(33(24-37)41-25-27-15-16-28-9-7-8-12-31(28)23-27)29-17-13-26(14-18-29)20-22-40-34(38)30-10-5-4-6-11-30/h4-18,23,32-33H,19-22,24-25H2,1-3H3. The first-order valence-electron chi connectivity index (χ1n) is 14.6. The molecule has 0 aromatic heterocycles. The summed E-state index contributed by atoms with van der Waals surface area (Å²) in [5, 5.41) is 2.38. The summed E-state index contributed by atoms with van der Waals surface area (Å²) < 4.78 is 17.7. The lowest BCUT2D eigenvalue weighted by atomic mass is 9.86. The summed E-state index contributed by atoms with van der Waals surface area (Å²) >= 11 is 0. The largest absolute Gasteiger partial charge is 0.462 e. The minimum absolute atomic E-state index is 0.133. The first-order valence-corrected chi connectivity index (χ1v) is 14.6. The van der Waals surface area contributed by atoms with Gasteiger partial charge in [-0.05, 0) is 72.9 Å². The van der Waals surface area contributed by atoms with Crippen LogP contribution in [0.25, 0.3) is 10.8 Å². The fourth-order valence-electron chi connectivity index (χ4n) is 5.34. The minimum Gasteiger partial charge on any atom is -0.462 e. The second-order valence-corrected chi connectivity index (χ2v) is 11.8. The number of piperidine rings is 1. The predicted octanol–water partition coefficient (Wildman–Crippen LogP) is 7.55. The van der Waals surface area contributed by atoms with E-state index in [0.717, 1.165) is 17.5 Å². The van der Waals surface area contributed by atoms with E-state index in [0.29, 0.717) is 38.3 Å². The van der Waals surface area contributed by atoms with Crippen molar-refractivity contribution in [3.05, 3.63) is 119 Å². The summed E-state index contributed by atoms with van der Waals surface area (Å²) in [4.78, 5) is 26.9. The van der Waals surface area contributed by atoms with Crippen LogP contribution in [0.5, 0.6) is 0 Å². The predicted molar refractivity (Wildman–Crippen MR) is 165 cm³/mol. The van der Waals surface area contributed by atoms with E-state index in [1.54, 1.807) is 17.0 Å². The molecule has 0 radical (unpaired) electrons. The van der Waals surface area contributed by atoms with Gasteiger partial charge in [0.05, 0.1) is 31.4 Å². The maximum atomic E-state index is 12.9. The molecule has 4 aromatic rings. The van der Waals surface area contributed by atoms with Gasteiger partial charge in [-0.25, -0.2) is 9.59 Å². The van der Waals surface area contributed by atoms with Gasteiger partial charge in [0.15, 0.2) is 0 Å². The number of nitrogens with zero attached hydrogens (tertiary/aromatic N) is 1. The zero-order chi connectivity index (χ0) is 29.5. The lowest BCUT2D eigenvalue weighted by Crippen LogP contribution is -2.48. The number of carbonyl (C=O) groups excluding carboxylic acids is 2. The third-order valence-corrected chi connectivity index (χ3v) is 7.53. The Bertz CT molecular complexity index is 1490. The Morgan fingerprint density at radius 1 is 0.833 bits per heavy atom. The van der Waals surface area contributed by atoms with Gasteiger partial charge in [-0.15, -0.1) is 0 Å². The van der Waals surface area contributed by atoms with Crippen molar-refractivity contribution >= 4 is 22.8 Å². The Balaban J connectivity index is 1.25. The van der Waals surface area contributed by atoms with Crippen molar-refractivity contribution in [1.29, 1.82) is 0 Å². The lowest BCUT2D eigenvalue weighted by molar-refractivity contribution is -0.0359. The number of hydrogen-bond donors (Lipinski definition) is 0. The van der Waals surface area contributed by atoms with Crippen LogP contribution < -0.4 is 0 Å². The Hall–Kier alpha value is -4.16. The fourth-order valence-corrected chi connectivity index (χ4v) is 5.34. The molecule has 6 heteroatoms. The van der Waals surface area contributed by atoms with Crippen LogP contribution in [0, 0.1) is 0 Å². The molecule has 42 heavy (non-hydrogen) atoms.